The zero-order chi connectivity index (χ0) is 14.1. The first kappa shape index (κ1) is 12.9. The molecule has 3 nitrogen and oxygen atoms in total. The topological polar surface area (TPSA) is 44.1 Å². The van der Waals surface area contributed by atoms with E-state index in [4.69, 9.17) is 5.26 Å². The molecule has 1 aromatic heterocycles. The second kappa shape index (κ2) is 5.10. The molecule has 0 amide bonds. The average molecular weight is 282 g/mol. The van der Waals surface area contributed by atoms with Gasteiger partial charge < -0.3 is 4.90 Å². The van der Waals surface area contributed by atoms with Gasteiger partial charge in [-0.25, -0.2) is 0 Å². The van der Waals surface area contributed by atoms with Crippen LogP contribution < -0.4 is 4.90 Å². The highest BCUT2D eigenvalue weighted by Gasteiger charge is 2.21. The lowest BCUT2D eigenvalue weighted by Crippen LogP contribution is -2.30. The number of nitrogens with zero attached hydrogens (tertiary/aromatic N) is 2. The maximum atomic E-state index is 11.8. The van der Waals surface area contributed by atoms with Crippen LogP contribution in [0.3, 0.4) is 0 Å². The third-order valence-electron chi connectivity index (χ3n) is 3.65. The number of hydrogen-bond donors (Lipinski definition) is 0. The van der Waals surface area contributed by atoms with Crippen LogP contribution in [0.15, 0.2) is 29.6 Å². The van der Waals surface area contributed by atoms with Crippen LogP contribution in [0.1, 0.15) is 33.3 Å². The van der Waals surface area contributed by atoms with Crippen LogP contribution in [0, 0.1) is 11.3 Å². The van der Waals surface area contributed by atoms with Crippen molar-refractivity contribution < 1.29 is 4.79 Å². The van der Waals surface area contributed by atoms with E-state index >= 15 is 0 Å². The first-order valence-corrected chi connectivity index (χ1v) is 7.42. The molecule has 0 radical (unpaired) electrons. The van der Waals surface area contributed by atoms with Crippen molar-refractivity contribution in [2.24, 2.45) is 0 Å². The number of ketones is 1. The summed E-state index contributed by atoms with van der Waals surface area (Å²) in [5.41, 5.74) is 3.51. The predicted molar refractivity (Wildman–Crippen MR) is 80.2 cm³/mol. The van der Waals surface area contributed by atoms with E-state index in [2.05, 4.69) is 22.4 Å². The Balaban J connectivity index is 2.02. The molecule has 1 aromatic carbocycles. The molecule has 1 aliphatic heterocycles. The van der Waals surface area contributed by atoms with E-state index in [0.717, 1.165) is 25.2 Å². The van der Waals surface area contributed by atoms with Crippen LogP contribution >= 0.6 is 11.3 Å². The number of thiophene rings is 1. The number of carbonyl (C=O) groups is 1. The van der Waals surface area contributed by atoms with Crippen molar-refractivity contribution in [2.45, 2.75) is 19.9 Å². The van der Waals surface area contributed by atoms with Gasteiger partial charge in [-0.1, -0.05) is 0 Å². The van der Waals surface area contributed by atoms with Gasteiger partial charge in [-0.3, -0.25) is 4.79 Å². The minimum absolute atomic E-state index is 0.0422. The van der Waals surface area contributed by atoms with Crippen LogP contribution in [0.2, 0.25) is 0 Å². The molecule has 4 heteroatoms. The summed E-state index contributed by atoms with van der Waals surface area (Å²) in [7, 11) is 0. The number of nitriles is 1. The second-order valence-electron chi connectivity index (χ2n) is 4.94. The number of Topliss-reactive ketones (excluding diaryl/α,β-unsaturated/α-hetero) is 1. The molecule has 0 unspecified atom stereocenters. The van der Waals surface area contributed by atoms with E-state index in [1.54, 1.807) is 30.4 Å². The number of fused-ring (bicyclic) bond motifs is 1. The molecular weight excluding hydrogens is 268 g/mol. The summed E-state index contributed by atoms with van der Waals surface area (Å²) < 4.78 is 0. The molecule has 0 saturated carbocycles. The third kappa shape index (κ3) is 2.21. The minimum Gasteiger partial charge on any atom is -0.366 e. The first-order chi connectivity index (χ1) is 9.69. The highest BCUT2D eigenvalue weighted by molar-refractivity contribution is 7.10. The lowest BCUT2D eigenvalue weighted by atomic mass is 10.0. The molecule has 0 spiro atoms. The number of benzene rings is 1. The lowest BCUT2D eigenvalue weighted by molar-refractivity contribution is 0.101. The maximum absolute atomic E-state index is 11.8. The summed E-state index contributed by atoms with van der Waals surface area (Å²) in [5, 5.41) is 11.2. The Kier molecular flexibility index (Phi) is 3.29. The van der Waals surface area contributed by atoms with Gasteiger partial charge in [0, 0.05) is 29.2 Å². The Hall–Kier alpha value is -2.12. The van der Waals surface area contributed by atoms with Crippen molar-refractivity contribution in [3.63, 3.8) is 0 Å². The van der Waals surface area contributed by atoms with Gasteiger partial charge in [0.05, 0.1) is 11.6 Å². The second-order valence-corrected chi connectivity index (χ2v) is 5.94. The Morgan fingerprint density at radius 1 is 1.40 bits per heavy atom. The van der Waals surface area contributed by atoms with Crippen LogP contribution in [-0.2, 0) is 13.0 Å². The summed E-state index contributed by atoms with van der Waals surface area (Å²) in [6, 6.07) is 9.60. The fourth-order valence-corrected chi connectivity index (χ4v) is 3.50. The molecule has 2 heterocycles. The molecular formula is C16H14N2OS. The number of rotatable bonds is 2. The highest BCUT2D eigenvalue weighted by Crippen LogP contribution is 2.30. The smallest absolute Gasteiger partial charge is 0.161 e. The van der Waals surface area contributed by atoms with Crippen molar-refractivity contribution in [1.29, 1.82) is 5.26 Å². The van der Waals surface area contributed by atoms with Crippen LogP contribution in [0.5, 0.6) is 0 Å². The van der Waals surface area contributed by atoms with Crippen molar-refractivity contribution in [3.8, 4) is 6.07 Å². The Morgan fingerprint density at radius 2 is 2.25 bits per heavy atom. The Bertz CT molecular complexity index is 712. The average Bonchev–Trinajstić information content (AvgIpc) is 2.93. The predicted octanol–water partition coefficient (Wildman–Crippen LogP) is 3.39. The molecule has 0 saturated heterocycles. The standard InChI is InChI=1S/C16H14N2OS/c1-11(19)14-3-2-12(9-17)8-15(14)18-6-4-16-13(10-18)5-7-20-16/h2-3,5,7-8H,4,6,10H2,1H3. The zero-order valence-corrected chi connectivity index (χ0v) is 12.0. The SMILES string of the molecule is CC(=O)c1ccc(C#N)cc1N1CCc2sccc2C1. The van der Waals surface area contributed by atoms with Crippen LogP contribution in [-0.4, -0.2) is 12.3 Å². The van der Waals surface area contributed by atoms with Gasteiger partial charge in [-0.2, -0.15) is 5.26 Å². The molecule has 0 atom stereocenters. The summed E-state index contributed by atoms with van der Waals surface area (Å²) in [5.74, 6) is 0.0422. The summed E-state index contributed by atoms with van der Waals surface area (Å²) in [6.45, 7) is 3.28. The van der Waals surface area contributed by atoms with E-state index < -0.39 is 0 Å². The molecule has 20 heavy (non-hydrogen) atoms. The van der Waals surface area contributed by atoms with E-state index in [9.17, 15) is 4.79 Å². The van der Waals surface area contributed by atoms with Crippen molar-refractivity contribution in [1.82, 2.24) is 0 Å². The Labute approximate surface area is 122 Å². The fraction of sp³-hybridized carbons (Fsp3) is 0.250. The first-order valence-electron chi connectivity index (χ1n) is 6.54. The molecule has 0 aliphatic carbocycles. The Morgan fingerprint density at radius 3 is 3.00 bits per heavy atom. The van der Waals surface area contributed by atoms with E-state index in [1.807, 2.05) is 6.07 Å². The monoisotopic (exact) mass is 282 g/mol. The van der Waals surface area contributed by atoms with E-state index in [-0.39, 0.29) is 5.78 Å². The molecule has 1 aliphatic rings. The molecule has 3 rings (SSSR count). The van der Waals surface area contributed by atoms with Crippen molar-refractivity contribution in [3.05, 3.63) is 51.2 Å². The number of carbonyl (C=O) groups excluding carboxylic acids is 1. The van der Waals surface area contributed by atoms with Gasteiger partial charge in [0.15, 0.2) is 5.78 Å². The normalized spacial score (nSPS) is 13.7. The summed E-state index contributed by atoms with van der Waals surface area (Å²) in [4.78, 5) is 15.4. The van der Waals surface area contributed by atoms with Gasteiger partial charge in [-0.15, -0.1) is 11.3 Å². The van der Waals surface area contributed by atoms with Gasteiger partial charge in [-0.05, 0) is 48.6 Å². The zero-order valence-electron chi connectivity index (χ0n) is 11.2. The third-order valence-corrected chi connectivity index (χ3v) is 4.68. The fourth-order valence-electron chi connectivity index (χ4n) is 2.61. The van der Waals surface area contributed by atoms with Gasteiger partial charge in [0.25, 0.3) is 0 Å². The van der Waals surface area contributed by atoms with Crippen molar-refractivity contribution >= 4 is 22.8 Å². The summed E-state index contributed by atoms with van der Waals surface area (Å²) >= 11 is 1.79. The largest absolute Gasteiger partial charge is 0.366 e. The van der Waals surface area contributed by atoms with Gasteiger partial charge >= 0.3 is 0 Å². The molecule has 0 N–H and O–H groups in total. The van der Waals surface area contributed by atoms with E-state index in [0.29, 0.717) is 11.1 Å². The number of anilines is 1. The van der Waals surface area contributed by atoms with Crippen molar-refractivity contribution in [2.75, 3.05) is 11.4 Å². The quantitative estimate of drug-likeness (QED) is 0.793. The molecule has 0 bridgehead atoms. The van der Waals surface area contributed by atoms with Gasteiger partial charge in [0.2, 0.25) is 0 Å². The maximum Gasteiger partial charge on any atom is 0.161 e. The lowest BCUT2D eigenvalue weighted by Gasteiger charge is -2.30. The van der Waals surface area contributed by atoms with Crippen LogP contribution in [0.25, 0.3) is 0 Å². The molecule has 100 valence electrons. The highest BCUT2D eigenvalue weighted by atomic mass is 32.1. The summed E-state index contributed by atoms with van der Waals surface area (Å²) in [6.07, 6.45) is 1.00. The van der Waals surface area contributed by atoms with Gasteiger partial charge in [0.1, 0.15) is 0 Å². The number of hydrogen-bond acceptors (Lipinski definition) is 4. The molecule has 0 fully saturated rings. The minimum atomic E-state index is 0.0422. The molecule has 2 aromatic rings. The van der Waals surface area contributed by atoms with E-state index in [1.165, 1.54) is 10.4 Å². The van der Waals surface area contributed by atoms with Crippen LogP contribution in [0.4, 0.5) is 5.69 Å².